The van der Waals surface area contributed by atoms with E-state index in [1.165, 1.54) is 32.7 Å². The first-order valence-corrected chi connectivity index (χ1v) is 11.7. The van der Waals surface area contributed by atoms with Gasteiger partial charge < -0.3 is 0 Å². The van der Waals surface area contributed by atoms with Gasteiger partial charge in [0, 0.05) is 28.0 Å². The molecule has 0 aliphatic carbocycles. The molecule has 0 unspecified atom stereocenters. The second-order valence-electron chi connectivity index (χ2n) is 8.46. The minimum absolute atomic E-state index is 0.778. The average molecular weight is 443 g/mol. The zero-order valence-corrected chi connectivity index (χ0v) is 19.0. The van der Waals surface area contributed by atoms with Gasteiger partial charge in [-0.1, -0.05) is 85.0 Å². The molecule has 4 aromatic carbocycles. The standard InChI is InChI=1S/C30H22N2S/c33-20(19-26-24-11-3-7-15-29(24)32-30-16-8-4-12-25(26)30)17-18-21-22-9-1-5-13-27(22)31-28-14-6-2-10-23(21)28/h1-16H,17-19H2. The summed E-state index contributed by atoms with van der Waals surface area (Å²) in [5.74, 6) is 0. The first-order valence-electron chi connectivity index (χ1n) is 11.3. The van der Waals surface area contributed by atoms with E-state index in [1.807, 2.05) is 12.1 Å². The molecule has 0 atom stereocenters. The van der Waals surface area contributed by atoms with Crippen LogP contribution < -0.4 is 0 Å². The fourth-order valence-corrected chi connectivity index (χ4v) is 5.11. The van der Waals surface area contributed by atoms with Crippen LogP contribution in [0.15, 0.2) is 97.1 Å². The molecule has 0 radical (unpaired) electrons. The Kier molecular flexibility index (Phi) is 5.04. The van der Waals surface area contributed by atoms with Gasteiger partial charge >= 0.3 is 0 Å². The number of aryl methyl sites for hydroxylation is 1. The molecule has 0 N–H and O–H groups in total. The molecule has 2 aromatic heterocycles. The maximum Gasteiger partial charge on any atom is 0.0712 e. The van der Waals surface area contributed by atoms with Gasteiger partial charge in [0.15, 0.2) is 0 Å². The van der Waals surface area contributed by atoms with Crippen LogP contribution in [0.25, 0.3) is 43.6 Å². The van der Waals surface area contributed by atoms with Crippen molar-refractivity contribution in [3.63, 3.8) is 0 Å². The van der Waals surface area contributed by atoms with Gasteiger partial charge in [0.2, 0.25) is 0 Å². The SMILES string of the molecule is S=C(CCc1c2ccccc2nc2ccccc12)Cc1c2ccccc2nc2ccccc12. The first kappa shape index (κ1) is 20.0. The largest absolute Gasteiger partial charge is 0.248 e. The van der Waals surface area contributed by atoms with Crippen molar-refractivity contribution in [3.05, 3.63) is 108 Å². The molecule has 0 aliphatic rings. The van der Waals surface area contributed by atoms with Gasteiger partial charge in [-0.25, -0.2) is 9.97 Å². The summed E-state index contributed by atoms with van der Waals surface area (Å²) in [5, 5.41) is 4.83. The van der Waals surface area contributed by atoms with Crippen molar-refractivity contribution >= 4 is 60.7 Å². The number of fused-ring (bicyclic) bond motifs is 4. The number of thiocarbonyl (C=S) groups is 1. The van der Waals surface area contributed by atoms with Gasteiger partial charge in [-0.05, 0) is 53.1 Å². The number of nitrogens with zero attached hydrogens (tertiary/aromatic N) is 2. The quantitative estimate of drug-likeness (QED) is 0.203. The Labute approximate surface area is 197 Å². The molecule has 158 valence electrons. The Balaban J connectivity index is 1.37. The van der Waals surface area contributed by atoms with E-state index < -0.39 is 0 Å². The van der Waals surface area contributed by atoms with Gasteiger partial charge in [0.1, 0.15) is 0 Å². The van der Waals surface area contributed by atoms with Crippen LogP contribution in [-0.4, -0.2) is 14.8 Å². The van der Waals surface area contributed by atoms with Crippen molar-refractivity contribution in [2.75, 3.05) is 0 Å². The second kappa shape index (κ2) is 8.34. The van der Waals surface area contributed by atoms with E-state index in [0.717, 1.165) is 46.2 Å². The molecule has 0 amide bonds. The lowest BCUT2D eigenvalue weighted by Gasteiger charge is -2.13. The summed E-state index contributed by atoms with van der Waals surface area (Å²) in [6, 6.07) is 33.6. The summed E-state index contributed by atoms with van der Waals surface area (Å²) < 4.78 is 0. The zero-order valence-electron chi connectivity index (χ0n) is 18.2. The Hall–Kier alpha value is -3.69. The van der Waals surface area contributed by atoms with Crippen LogP contribution in [0, 0.1) is 0 Å². The number of benzene rings is 4. The van der Waals surface area contributed by atoms with Gasteiger partial charge in [-0.15, -0.1) is 0 Å². The van der Waals surface area contributed by atoms with E-state index in [9.17, 15) is 0 Å². The van der Waals surface area contributed by atoms with Crippen LogP contribution in [0.2, 0.25) is 0 Å². The van der Waals surface area contributed by atoms with Crippen molar-refractivity contribution in [3.8, 4) is 0 Å². The minimum atomic E-state index is 0.778. The van der Waals surface area contributed by atoms with Gasteiger partial charge in [0.05, 0.1) is 22.1 Å². The number of rotatable bonds is 5. The monoisotopic (exact) mass is 442 g/mol. The highest BCUT2D eigenvalue weighted by molar-refractivity contribution is 7.80. The first-order chi connectivity index (χ1) is 16.3. The van der Waals surface area contributed by atoms with Crippen molar-refractivity contribution in [2.24, 2.45) is 0 Å². The molecule has 0 fully saturated rings. The van der Waals surface area contributed by atoms with E-state index >= 15 is 0 Å². The summed E-state index contributed by atoms with van der Waals surface area (Å²) in [7, 11) is 0. The third-order valence-electron chi connectivity index (χ3n) is 6.43. The summed E-state index contributed by atoms with van der Waals surface area (Å²) in [6.07, 6.45) is 2.54. The highest BCUT2D eigenvalue weighted by Crippen LogP contribution is 2.29. The molecule has 0 bridgehead atoms. The van der Waals surface area contributed by atoms with Gasteiger partial charge in [0.25, 0.3) is 0 Å². The van der Waals surface area contributed by atoms with Crippen LogP contribution in [0.4, 0.5) is 0 Å². The summed E-state index contributed by atoms with van der Waals surface area (Å²) in [6.45, 7) is 0. The third kappa shape index (κ3) is 3.65. The van der Waals surface area contributed by atoms with Crippen molar-refractivity contribution in [1.29, 1.82) is 0 Å². The van der Waals surface area contributed by atoms with E-state index in [0.29, 0.717) is 0 Å². The van der Waals surface area contributed by atoms with E-state index in [4.69, 9.17) is 22.2 Å². The lowest BCUT2D eigenvalue weighted by atomic mass is 9.94. The molecule has 0 saturated heterocycles. The molecule has 2 heterocycles. The highest BCUT2D eigenvalue weighted by Gasteiger charge is 2.13. The number of para-hydroxylation sites is 4. The van der Waals surface area contributed by atoms with Crippen LogP contribution in [-0.2, 0) is 12.8 Å². The Bertz CT molecular complexity index is 1560. The molecule has 6 rings (SSSR count). The maximum absolute atomic E-state index is 5.97. The topological polar surface area (TPSA) is 25.8 Å². The van der Waals surface area contributed by atoms with E-state index in [2.05, 4.69) is 84.9 Å². The van der Waals surface area contributed by atoms with Crippen molar-refractivity contribution < 1.29 is 0 Å². The molecule has 0 saturated carbocycles. The summed E-state index contributed by atoms with van der Waals surface area (Å²) in [5.41, 5.74) is 6.76. The average Bonchev–Trinajstić information content (AvgIpc) is 2.86. The molecule has 2 nitrogen and oxygen atoms in total. The number of pyridine rings is 2. The molecule has 33 heavy (non-hydrogen) atoms. The highest BCUT2D eigenvalue weighted by atomic mass is 32.1. The minimum Gasteiger partial charge on any atom is -0.248 e. The lowest BCUT2D eigenvalue weighted by molar-refractivity contribution is 1.05. The van der Waals surface area contributed by atoms with Gasteiger partial charge in [-0.3, -0.25) is 0 Å². The Morgan fingerprint density at radius 1 is 0.515 bits per heavy atom. The molecule has 6 aromatic rings. The molecule has 3 heteroatoms. The molecule has 0 aliphatic heterocycles. The maximum atomic E-state index is 5.97. The van der Waals surface area contributed by atoms with Gasteiger partial charge in [-0.2, -0.15) is 0 Å². The third-order valence-corrected chi connectivity index (χ3v) is 6.77. The van der Waals surface area contributed by atoms with Crippen LogP contribution in [0.5, 0.6) is 0 Å². The van der Waals surface area contributed by atoms with Crippen LogP contribution >= 0.6 is 12.2 Å². The Morgan fingerprint density at radius 2 is 0.879 bits per heavy atom. The fraction of sp³-hybridized carbons (Fsp3) is 0.100. The number of aromatic nitrogens is 2. The zero-order chi connectivity index (χ0) is 22.2. The second-order valence-corrected chi connectivity index (χ2v) is 9.04. The predicted molar refractivity (Wildman–Crippen MR) is 143 cm³/mol. The molecular formula is C30H22N2S. The lowest BCUT2D eigenvalue weighted by Crippen LogP contribution is -2.05. The Morgan fingerprint density at radius 3 is 1.30 bits per heavy atom. The van der Waals surface area contributed by atoms with E-state index in [1.54, 1.807) is 0 Å². The molecular weight excluding hydrogens is 420 g/mol. The normalized spacial score (nSPS) is 11.5. The van der Waals surface area contributed by atoms with Crippen LogP contribution in [0.3, 0.4) is 0 Å². The smallest absolute Gasteiger partial charge is 0.0712 e. The predicted octanol–water partition coefficient (Wildman–Crippen LogP) is 7.63. The summed E-state index contributed by atoms with van der Waals surface area (Å²) in [4.78, 5) is 10.8. The number of hydrogen-bond acceptors (Lipinski definition) is 3. The number of hydrogen-bond donors (Lipinski definition) is 0. The summed E-state index contributed by atoms with van der Waals surface area (Å²) >= 11 is 5.97. The van der Waals surface area contributed by atoms with E-state index in [-0.39, 0.29) is 0 Å². The van der Waals surface area contributed by atoms with Crippen LogP contribution in [0.1, 0.15) is 17.5 Å². The van der Waals surface area contributed by atoms with Crippen molar-refractivity contribution in [2.45, 2.75) is 19.3 Å². The fourth-order valence-electron chi connectivity index (χ4n) is 4.86. The molecule has 0 spiro atoms. The van der Waals surface area contributed by atoms with Crippen molar-refractivity contribution in [1.82, 2.24) is 9.97 Å².